The van der Waals surface area contributed by atoms with Crippen molar-refractivity contribution in [2.45, 2.75) is 19.4 Å². The van der Waals surface area contributed by atoms with E-state index in [0.29, 0.717) is 23.7 Å². The van der Waals surface area contributed by atoms with Gasteiger partial charge in [0.1, 0.15) is 6.61 Å². The topological polar surface area (TPSA) is 86.5 Å². The van der Waals surface area contributed by atoms with Gasteiger partial charge in [-0.05, 0) is 37.1 Å². The largest absolute Gasteiger partial charge is 0.493 e. The van der Waals surface area contributed by atoms with E-state index in [2.05, 4.69) is 10.3 Å². The zero-order valence-corrected chi connectivity index (χ0v) is 15.4. The minimum Gasteiger partial charge on any atom is -0.493 e. The highest BCUT2D eigenvalue weighted by molar-refractivity contribution is 7.22. The second-order valence-electron chi connectivity index (χ2n) is 6.33. The quantitative estimate of drug-likeness (QED) is 0.741. The van der Waals surface area contributed by atoms with Gasteiger partial charge in [-0.3, -0.25) is 4.79 Å². The van der Waals surface area contributed by atoms with E-state index in [1.807, 2.05) is 37.3 Å². The van der Waals surface area contributed by atoms with Gasteiger partial charge in [0.05, 0.1) is 23.4 Å². The molecule has 7 heteroatoms. The van der Waals surface area contributed by atoms with E-state index in [4.69, 9.17) is 15.2 Å². The Morgan fingerprint density at radius 2 is 2.27 bits per heavy atom. The number of ether oxygens (including phenoxy) is 2. The molecule has 0 radical (unpaired) electrons. The van der Waals surface area contributed by atoms with Crippen LogP contribution in [0.1, 0.15) is 21.5 Å². The molecule has 3 N–H and O–H groups in total. The Labute approximate surface area is 154 Å². The Morgan fingerprint density at radius 3 is 3.08 bits per heavy atom. The molecule has 6 nitrogen and oxygen atoms in total. The van der Waals surface area contributed by atoms with E-state index < -0.39 is 0 Å². The average Bonchev–Trinajstić information content (AvgIpc) is 3.01. The maximum absolute atomic E-state index is 12.7. The maximum atomic E-state index is 12.7. The van der Waals surface area contributed by atoms with Gasteiger partial charge in [-0.2, -0.15) is 0 Å². The van der Waals surface area contributed by atoms with Crippen molar-refractivity contribution in [1.82, 2.24) is 10.3 Å². The summed E-state index contributed by atoms with van der Waals surface area (Å²) in [4.78, 5) is 17.0. The molecule has 134 valence electrons. The van der Waals surface area contributed by atoms with Gasteiger partial charge < -0.3 is 20.5 Å². The van der Waals surface area contributed by atoms with Gasteiger partial charge in [0.15, 0.2) is 16.6 Å². The highest BCUT2D eigenvalue weighted by Crippen LogP contribution is 2.34. The lowest BCUT2D eigenvalue weighted by Gasteiger charge is -2.27. The SMILES string of the molecule is COc1cccc2c1OC[C@@H](NC(=O)c1cc(C)c3nc(N)sc3c1)C2. The molecule has 2 aromatic carbocycles. The van der Waals surface area contributed by atoms with Crippen molar-refractivity contribution >= 4 is 32.6 Å². The lowest BCUT2D eigenvalue weighted by molar-refractivity contribution is 0.0914. The summed E-state index contributed by atoms with van der Waals surface area (Å²) >= 11 is 1.39. The van der Waals surface area contributed by atoms with Gasteiger partial charge in [0.25, 0.3) is 5.91 Å². The van der Waals surface area contributed by atoms with E-state index in [-0.39, 0.29) is 11.9 Å². The number of hydrogen-bond donors (Lipinski definition) is 2. The van der Waals surface area contributed by atoms with Crippen molar-refractivity contribution in [3.05, 3.63) is 47.0 Å². The summed E-state index contributed by atoms with van der Waals surface area (Å²) in [5.41, 5.74) is 9.21. The molecule has 26 heavy (non-hydrogen) atoms. The molecule has 0 saturated carbocycles. The fraction of sp³-hybridized carbons (Fsp3) is 0.263. The summed E-state index contributed by atoms with van der Waals surface area (Å²) in [7, 11) is 1.62. The van der Waals surface area contributed by atoms with Crippen LogP contribution in [0.2, 0.25) is 0 Å². The zero-order valence-electron chi connectivity index (χ0n) is 14.5. The monoisotopic (exact) mass is 369 g/mol. The Balaban J connectivity index is 1.53. The predicted molar refractivity (Wildman–Crippen MR) is 102 cm³/mol. The van der Waals surface area contributed by atoms with Crippen LogP contribution in [-0.4, -0.2) is 30.6 Å². The molecule has 0 aliphatic carbocycles. The van der Waals surface area contributed by atoms with E-state index >= 15 is 0 Å². The Morgan fingerprint density at radius 1 is 1.42 bits per heavy atom. The molecule has 4 rings (SSSR count). The molecular formula is C19H19N3O3S. The van der Waals surface area contributed by atoms with Crippen molar-refractivity contribution in [2.24, 2.45) is 0 Å². The average molecular weight is 369 g/mol. The number of nitrogens with two attached hydrogens (primary N) is 1. The number of nitrogens with zero attached hydrogens (tertiary/aromatic N) is 1. The van der Waals surface area contributed by atoms with Crippen molar-refractivity contribution in [3.8, 4) is 11.5 Å². The van der Waals surface area contributed by atoms with Gasteiger partial charge in [0, 0.05) is 11.1 Å². The van der Waals surface area contributed by atoms with Crippen LogP contribution in [-0.2, 0) is 6.42 Å². The first kappa shape index (κ1) is 16.7. The summed E-state index contributed by atoms with van der Waals surface area (Å²) < 4.78 is 12.1. The molecule has 1 atom stereocenters. The van der Waals surface area contributed by atoms with E-state index in [1.54, 1.807) is 7.11 Å². The molecule has 0 spiro atoms. The number of anilines is 1. The molecular weight excluding hydrogens is 350 g/mol. The summed E-state index contributed by atoms with van der Waals surface area (Å²) in [5, 5.41) is 3.57. The highest BCUT2D eigenvalue weighted by atomic mass is 32.1. The number of benzene rings is 2. The van der Waals surface area contributed by atoms with Gasteiger partial charge in [-0.15, -0.1) is 0 Å². The molecule has 3 aromatic rings. The van der Waals surface area contributed by atoms with Crippen LogP contribution in [0.15, 0.2) is 30.3 Å². The van der Waals surface area contributed by atoms with E-state index in [9.17, 15) is 4.79 Å². The number of nitrogens with one attached hydrogen (secondary N) is 1. The third-order valence-corrected chi connectivity index (χ3v) is 5.31. The van der Waals surface area contributed by atoms with Crippen LogP contribution in [0.5, 0.6) is 11.5 Å². The molecule has 1 aromatic heterocycles. The van der Waals surface area contributed by atoms with E-state index in [1.165, 1.54) is 11.3 Å². The van der Waals surface area contributed by atoms with Crippen LogP contribution in [0.3, 0.4) is 0 Å². The van der Waals surface area contributed by atoms with Crippen LogP contribution in [0.25, 0.3) is 10.2 Å². The minimum atomic E-state index is -0.123. The van der Waals surface area contributed by atoms with Gasteiger partial charge in [-0.1, -0.05) is 23.5 Å². The Kier molecular flexibility index (Phi) is 4.16. The van der Waals surface area contributed by atoms with Crippen LogP contribution in [0, 0.1) is 6.92 Å². The molecule has 1 aliphatic heterocycles. The number of aromatic nitrogens is 1. The molecule has 0 fully saturated rings. The lowest BCUT2D eigenvalue weighted by Crippen LogP contribution is -2.42. The predicted octanol–water partition coefficient (Wildman–Crippen LogP) is 2.93. The fourth-order valence-corrected chi connectivity index (χ4v) is 4.11. The number of thiazole rings is 1. The molecule has 1 aliphatic rings. The standard InChI is InChI=1S/C19H19N3O3S/c1-10-6-12(8-15-16(10)22-19(20)26-15)18(23)21-13-7-11-4-3-5-14(24-2)17(11)25-9-13/h3-6,8,13H,7,9H2,1-2H3,(H2,20,22)(H,21,23)/t13-/m0/s1. The summed E-state index contributed by atoms with van der Waals surface area (Å²) in [6.45, 7) is 2.35. The Hall–Kier alpha value is -2.80. The second-order valence-corrected chi connectivity index (χ2v) is 7.39. The van der Waals surface area contributed by atoms with Crippen molar-refractivity contribution in [1.29, 1.82) is 0 Å². The highest BCUT2D eigenvalue weighted by Gasteiger charge is 2.24. The van der Waals surface area contributed by atoms with Gasteiger partial charge in [0.2, 0.25) is 0 Å². The number of nitrogen functional groups attached to an aromatic ring is 1. The summed E-state index contributed by atoms with van der Waals surface area (Å²) in [6.07, 6.45) is 0.701. The van der Waals surface area contributed by atoms with Crippen molar-refractivity contribution < 1.29 is 14.3 Å². The van der Waals surface area contributed by atoms with E-state index in [0.717, 1.165) is 32.8 Å². The number of carbonyl (C=O) groups excluding carboxylic acids is 1. The van der Waals surface area contributed by atoms with Gasteiger partial charge >= 0.3 is 0 Å². The number of methoxy groups -OCH3 is 1. The first-order valence-electron chi connectivity index (χ1n) is 8.31. The number of aryl methyl sites for hydroxylation is 1. The summed E-state index contributed by atoms with van der Waals surface area (Å²) in [5.74, 6) is 1.36. The number of para-hydroxylation sites is 1. The van der Waals surface area contributed by atoms with Crippen LogP contribution >= 0.6 is 11.3 Å². The second kappa shape index (κ2) is 6.49. The Bertz CT molecular complexity index is 999. The zero-order chi connectivity index (χ0) is 18.3. The van der Waals surface area contributed by atoms with Crippen molar-refractivity contribution in [2.75, 3.05) is 19.5 Å². The number of amides is 1. The normalized spacial score (nSPS) is 16.0. The third-order valence-electron chi connectivity index (χ3n) is 4.47. The van der Waals surface area contributed by atoms with Crippen molar-refractivity contribution in [3.63, 3.8) is 0 Å². The van der Waals surface area contributed by atoms with Crippen LogP contribution in [0.4, 0.5) is 5.13 Å². The molecule has 0 saturated heterocycles. The molecule has 0 bridgehead atoms. The fourth-order valence-electron chi connectivity index (χ4n) is 3.26. The number of rotatable bonds is 3. The first-order chi connectivity index (χ1) is 12.5. The number of fused-ring (bicyclic) bond motifs is 2. The third kappa shape index (κ3) is 2.94. The van der Waals surface area contributed by atoms with Gasteiger partial charge in [-0.25, -0.2) is 4.98 Å². The van der Waals surface area contributed by atoms with Crippen LogP contribution < -0.4 is 20.5 Å². The summed E-state index contributed by atoms with van der Waals surface area (Å²) in [6, 6.07) is 9.38. The molecule has 1 amide bonds. The first-order valence-corrected chi connectivity index (χ1v) is 9.13. The maximum Gasteiger partial charge on any atom is 0.251 e. The number of hydrogen-bond acceptors (Lipinski definition) is 6. The molecule has 0 unspecified atom stereocenters. The smallest absolute Gasteiger partial charge is 0.251 e. The number of carbonyl (C=O) groups is 1. The molecule has 2 heterocycles. The minimum absolute atomic E-state index is 0.0929. The lowest BCUT2D eigenvalue weighted by atomic mass is 10.0.